The van der Waals surface area contributed by atoms with E-state index in [0.717, 1.165) is 35.5 Å². The van der Waals surface area contributed by atoms with Gasteiger partial charge in [-0.1, -0.05) is 29.5 Å². The second-order valence-electron chi connectivity index (χ2n) is 6.91. The Hall–Kier alpha value is -3.68. The lowest BCUT2D eigenvalue weighted by Gasteiger charge is -2.27. The Labute approximate surface area is 168 Å². The van der Waals surface area contributed by atoms with E-state index in [0.29, 0.717) is 18.7 Å². The molecule has 2 aromatic carbocycles. The predicted molar refractivity (Wildman–Crippen MR) is 109 cm³/mol. The van der Waals surface area contributed by atoms with Gasteiger partial charge in [0.15, 0.2) is 0 Å². The molecule has 0 radical (unpaired) electrons. The molecule has 0 spiro atoms. The largest absolute Gasteiger partial charge is 0.348 e. The zero-order valence-corrected chi connectivity index (χ0v) is 16.1. The molecule has 0 bridgehead atoms. The number of hydrogen-bond donors (Lipinski definition) is 2. The van der Waals surface area contributed by atoms with Crippen LogP contribution in [0.4, 0.5) is 10.5 Å². The number of anilines is 1. The molecule has 3 amide bonds. The second kappa shape index (κ2) is 8.14. The number of hydrogen-bond acceptors (Lipinski definition) is 4. The third-order valence-electron chi connectivity index (χ3n) is 4.94. The van der Waals surface area contributed by atoms with Crippen LogP contribution in [0.25, 0.3) is 11.3 Å². The van der Waals surface area contributed by atoms with Gasteiger partial charge in [-0.15, -0.1) is 5.10 Å². The topological polar surface area (TPSA) is 92.2 Å². The molecule has 3 aromatic rings. The second-order valence-corrected chi connectivity index (χ2v) is 6.91. The number of aromatic nitrogens is 3. The highest BCUT2D eigenvalue weighted by Crippen LogP contribution is 2.19. The number of aryl methyl sites for hydroxylation is 1. The Morgan fingerprint density at radius 3 is 2.55 bits per heavy atom. The van der Waals surface area contributed by atoms with E-state index in [1.54, 1.807) is 27.9 Å². The Balaban J connectivity index is 1.35. The first-order valence-electron chi connectivity index (χ1n) is 9.49. The maximum atomic E-state index is 12.4. The Bertz CT molecular complexity index is 1010. The Kier molecular flexibility index (Phi) is 5.24. The van der Waals surface area contributed by atoms with Crippen molar-refractivity contribution in [2.75, 3.05) is 18.0 Å². The lowest BCUT2D eigenvalue weighted by Crippen LogP contribution is -2.46. The molecular formula is C21H22N6O2. The molecule has 0 unspecified atom stereocenters. The van der Waals surface area contributed by atoms with Gasteiger partial charge >= 0.3 is 6.03 Å². The zero-order chi connectivity index (χ0) is 20.2. The summed E-state index contributed by atoms with van der Waals surface area (Å²) >= 11 is 0. The molecule has 29 heavy (non-hydrogen) atoms. The summed E-state index contributed by atoms with van der Waals surface area (Å²) < 4.78 is 1.69. The van der Waals surface area contributed by atoms with Gasteiger partial charge < -0.3 is 10.6 Å². The highest BCUT2D eigenvalue weighted by Gasteiger charge is 2.18. The maximum Gasteiger partial charge on any atom is 0.321 e. The predicted octanol–water partition coefficient (Wildman–Crippen LogP) is 2.33. The number of carbonyl (C=O) groups is 2. The number of nitrogens with zero attached hydrogens (tertiary/aromatic N) is 4. The van der Waals surface area contributed by atoms with E-state index in [1.165, 1.54) is 0 Å². The van der Waals surface area contributed by atoms with Crippen LogP contribution >= 0.6 is 0 Å². The van der Waals surface area contributed by atoms with Gasteiger partial charge in [-0.3, -0.25) is 9.69 Å². The molecule has 2 heterocycles. The molecule has 148 valence electrons. The maximum absolute atomic E-state index is 12.4. The minimum Gasteiger partial charge on any atom is -0.348 e. The van der Waals surface area contributed by atoms with E-state index in [4.69, 9.17) is 0 Å². The van der Waals surface area contributed by atoms with Crippen LogP contribution in [0.3, 0.4) is 0 Å². The number of nitrogens with one attached hydrogen (secondary N) is 2. The van der Waals surface area contributed by atoms with Crippen LogP contribution in [0.2, 0.25) is 0 Å². The first-order valence-corrected chi connectivity index (χ1v) is 9.49. The van der Waals surface area contributed by atoms with Gasteiger partial charge in [0.1, 0.15) is 0 Å². The number of carbonyl (C=O) groups excluding carboxylic acids is 2. The van der Waals surface area contributed by atoms with Crippen molar-refractivity contribution in [3.8, 4) is 11.3 Å². The monoisotopic (exact) mass is 390 g/mol. The average Bonchev–Trinajstić information content (AvgIpc) is 3.19. The van der Waals surface area contributed by atoms with Gasteiger partial charge in [-0.05, 0) is 36.2 Å². The van der Waals surface area contributed by atoms with E-state index in [9.17, 15) is 9.59 Å². The average molecular weight is 390 g/mol. The quantitative estimate of drug-likeness (QED) is 0.699. The Morgan fingerprint density at radius 1 is 1.14 bits per heavy atom. The van der Waals surface area contributed by atoms with Gasteiger partial charge in [0.2, 0.25) is 0 Å². The normalized spacial score (nSPS) is 13.8. The lowest BCUT2D eigenvalue weighted by atomic mass is 10.1. The van der Waals surface area contributed by atoms with Crippen molar-refractivity contribution in [3.63, 3.8) is 0 Å². The smallest absolute Gasteiger partial charge is 0.321 e. The van der Waals surface area contributed by atoms with Crippen molar-refractivity contribution in [2.45, 2.75) is 13.0 Å². The summed E-state index contributed by atoms with van der Waals surface area (Å²) in [7, 11) is 1.83. The minimum atomic E-state index is -0.140. The molecule has 1 aliphatic heterocycles. The highest BCUT2D eigenvalue weighted by atomic mass is 16.2. The van der Waals surface area contributed by atoms with E-state index in [-0.39, 0.29) is 11.9 Å². The van der Waals surface area contributed by atoms with Crippen molar-refractivity contribution < 1.29 is 9.59 Å². The standard InChI is InChI=1S/C21H22N6O2/c1-26-19(14-24-25-26)16-5-7-17(8-6-16)20(28)23-13-15-3-9-18(10-4-15)27-12-2-11-22-21(27)29/h3-10,14H,2,11-13H2,1H3,(H,22,29)(H,23,28). The van der Waals surface area contributed by atoms with Gasteiger partial charge in [0, 0.05) is 43.5 Å². The van der Waals surface area contributed by atoms with Gasteiger partial charge in [0.05, 0.1) is 11.9 Å². The fourth-order valence-corrected chi connectivity index (χ4v) is 3.30. The number of rotatable bonds is 5. The molecule has 8 heteroatoms. The van der Waals surface area contributed by atoms with E-state index in [1.807, 2.05) is 43.4 Å². The molecule has 1 aliphatic rings. The first kappa shape index (κ1) is 18.7. The zero-order valence-electron chi connectivity index (χ0n) is 16.1. The fraction of sp³-hybridized carbons (Fsp3) is 0.238. The molecular weight excluding hydrogens is 368 g/mol. The van der Waals surface area contributed by atoms with Gasteiger partial charge in [-0.2, -0.15) is 0 Å². The van der Waals surface area contributed by atoms with Crippen molar-refractivity contribution in [3.05, 3.63) is 65.9 Å². The summed E-state index contributed by atoms with van der Waals surface area (Å²) in [5.41, 5.74) is 4.26. The van der Waals surface area contributed by atoms with Crippen LogP contribution < -0.4 is 15.5 Å². The summed E-state index contributed by atoms with van der Waals surface area (Å²) in [5.74, 6) is -0.140. The van der Waals surface area contributed by atoms with Crippen LogP contribution in [0.1, 0.15) is 22.3 Å². The van der Waals surface area contributed by atoms with Crippen LogP contribution in [-0.4, -0.2) is 40.0 Å². The molecule has 2 N–H and O–H groups in total. The van der Waals surface area contributed by atoms with Crippen molar-refractivity contribution in [1.82, 2.24) is 25.6 Å². The van der Waals surface area contributed by atoms with Gasteiger partial charge in [0.25, 0.3) is 5.91 Å². The third-order valence-corrected chi connectivity index (χ3v) is 4.94. The van der Waals surface area contributed by atoms with Crippen molar-refractivity contribution >= 4 is 17.6 Å². The summed E-state index contributed by atoms with van der Waals surface area (Å²) in [6, 6.07) is 14.9. The number of amides is 3. The molecule has 0 saturated carbocycles. The molecule has 4 rings (SSSR count). The first-order chi connectivity index (χ1) is 14.1. The highest BCUT2D eigenvalue weighted by molar-refractivity contribution is 5.94. The van der Waals surface area contributed by atoms with Gasteiger partial charge in [-0.25, -0.2) is 9.48 Å². The van der Waals surface area contributed by atoms with Crippen LogP contribution in [0, 0.1) is 0 Å². The molecule has 8 nitrogen and oxygen atoms in total. The summed E-state index contributed by atoms with van der Waals surface area (Å²) in [6.45, 7) is 1.85. The van der Waals surface area contributed by atoms with E-state index < -0.39 is 0 Å². The third kappa shape index (κ3) is 4.11. The summed E-state index contributed by atoms with van der Waals surface area (Å²) in [4.78, 5) is 26.1. The molecule has 0 aliphatic carbocycles. The number of benzene rings is 2. The van der Waals surface area contributed by atoms with Crippen LogP contribution in [0.5, 0.6) is 0 Å². The van der Waals surface area contributed by atoms with Crippen LogP contribution in [-0.2, 0) is 13.6 Å². The fourth-order valence-electron chi connectivity index (χ4n) is 3.30. The lowest BCUT2D eigenvalue weighted by molar-refractivity contribution is 0.0951. The number of urea groups is 1. The minimum absolute atomic E-state index is 0.0670. The van der Waals surface area contributed by atoms with Crippen molar-refractivity contribution in [2.24, 2.45) is 7.05 Å². The Morgan fingerprint density at radius 2 is 1.90 bits per heavy atom. The SMILES string of the molecule is Cn1nncc1-c1ccc(C(=O)NCc2ccc(N3CCCNC3=O)cc2)cc1. The van der Waals surface area contributed by atoms with Crippen LogP contribution in [0.15, 0.2) is 54.7 Å². The van der Waals surface area contributed by atoms with Crippen molar-refractivity contribution in [1.29, 1.82) is 0 Å². The van der Waals surface area contributed by atoms with E-state index in [2.05, 4.69) is 20.9 Å². The molecule has 1 saturated heterocycles. The summed E-state index contributed by atoms with van der Waals surface area (Å²) in [5, 5.41) is 13.6. The molecule has 1 aromatic heterocycles. The van der Waals surface area contributed by atoms with E-state index >= 15 is 0 Å². The molecule has 1 fully saturated rings. The summed E-state index contributed by atoms with van der Waals surface area (Å²) in [6.07, 6.45) is 2.62. The molecule has 0 atom stereocenters.